The Balaban J connectivity index is 1.68. The second-order valence-corrected chi connectivity index (χ2v) is 9.32. The first-order valence-corrected chi connectivity index (χ1v) is 11.3. The van der Waals surface area contributed by atoms with Crippen LogP contribution in [0.3, 0.4) is 0 Å². The van der Waals surface area contributed by atoms with E-state index in [9.17, 15) is 13.2 Å². The molecular formula is C23H23N3O4S. The number of aryl methyl sites for hydroxylation is 1. The van der Waals surface area contributed by atoms with E-state index < -0.39 is 22.0 Å². The molecule has 0 bridgehead atoms. The highest BCUT2D eigenvalue weighted by molar-refractivity contribution is 7.89. The maximum absolute atomic E-state index is 13.5. The van der Waals surface area contributed by atoms with Crippen LogP contribution in [0.2, 0.25) is 0 Å². The lowest BCUT2D eigenvalue weighted by Gasteiger charge is -2.35. The van der Waals surface area contributed by atoms with Crippen LogP contribution in [0, 0.1) is 6.92 Å². The molecule has 0 spiro atoms. The van der Waals surface area contributed by atoms with Crippen LogP contribution in [-0.2, 0) is 27.8 Å². The largest absolute Gasteiger partial charge is 0.481 e. The topological polar surface area (TPSA) is 88.6 Å². The van der Waals surface area contributed by atoms with Gasteiger partial charge in [-0.1, -0.05) is 42.0 Å². The Kier molecular flexibility index (Phi) is 5.75. The second kappa shape index (κ2) is 8.49. The van der Waals surface area contributed by atoms with Crippen LogP contribution in [-0.4, -0.2) is 36.8 Å². The monoisotopic (exact) mass is 437 g/mol. The minimum Gasteiger partial charge on any atom is -0.481 e. The van der Waals surface area contributed by atoms with E-state index in [2.05, 4.69) is 10.3 Å². The zero-order valence-corrected chi connectivity index (χ0v) is 18.1. The fraction of sp³-hybridized carbons (Fsp3) is 0.217. The molecule has 1 aliphatic heterocycles. The van der Waals surface area contributed by atoms with Gasteiger partial charge in [0, 0.05) is 12.6 Å². The molecule has 0 radical (unpaired) electrons. The standard InChI is InChI=1S/C23H23N3O4S/c1-16-7-10-20(11-8-16)31(28,29)26-15-18-6-4-3-5-17(18)13-21(26)23(27)25-19-9-12-22(30-2)24-14-19/h3-12,14,21H,13,15H2,1-2H3,(H,25,27)/t21-/m0/s1. The summed E-state index contributed by atoms with van der Waals surface area (Å²) in [7, 11) is -2.37. The highest BCUT2D eigenvalue weighted by atomic mass is 32.2. The summed E-state index contributed by atoms with van der Waals surface area (Å²) in [6, 6.07) is 16.7. The Labute approximate surface area is 181 Å². The number of carbonyl (C=O) groups excluding carboxylic acids is 1. The number of hydrogen-bond acceptors (Lipinski definition) is 5. The molecular weight excluding hydrogens is 414 g/mol. The first-order chi connectivity index (χ1) is 14.9. The number of nitrogens with zero attached hydrogens (tertiary/aromatic N) is 2. The van der Waals surface area contributed by atoms with Crippen LogP contribution in [0.15, 0.2) is 71.8 Å². The van der Waals surface area contributed by atoms with Crippen molar-refractivity contribution in [3.63, 3.8) is 0 Å². The van der Waals surface area contributed by atoms with Crippen molar-refractivity contribution in [1.82, 2.24) is 9.29 Å². The highest BCUT2D eigenvalue weighted by Gasteiger charge is 2.39. The minimum atomic E-state index is -3.88. The molecule has 4 rings (SSSR count). The first kappa shape index (κ1) is 21.0. The maximum atomic E-state index is 13.5. The third-order valence-electron chi connectivity index (χ3n) is 5.35. The number of benzene rings is 2. The molecule has 1 aliphatic rings. The fourth-order valence-electron chi connectivity index (χ4n) is 3.62. The number of rotatable bonds is 5. The molecule has 2 heterocycles. The lowest BCUT2D eigenvalue weighted by atomic mass is 9.95. The first-order valence-electron chi connectivity index (χ1n) is 9.84. The summed E-state index contributed by atoms with van der Waals surface area (Å²) in [5.74, 6) is 0.0188. The minimum absolute atomic E-state index is 0.130. The van der Waals surface area contributed by atoms with E-state index in [1.54, 1.807) is 36.4 Å². The molecule has 31 heavy (non-hydrogen) atoms. The van der Waals surface area contributed by atoms with Crippen LogP contribution < -0.4 is 10.1 Å². The van der Waals surface area contributed by atoms with Gasteiger partial charge in [-0.2, -0.15) is 4.31 Å². The molecule has 3 aromatic rings. The average molecular weight is 438 g/mol. The molecule has 1 aromatic heterocycles. The van der Waals surface area contributed by atoms with Crippen LogP contribution in [0.4, 0.5) is 5.69 Å². The summed E-state index contributed by atoms with van der Waals surface area (Å²) >= 11 is 0. The Hall–Kier alpha value is -3.23. The molecule has 0 aliphatic carbocycles. The molecule has 7 nitrogen and oxygen atoms in total. The van der Waals surface area contributed by atoms with Crippen molar-refractivity contribution >= 4 is 21.6 Å². The lowest BCUT2D eigenvalue weighted by Crippen LogP contribution is -2.50. The number of carbonyl (C=O) groups is 1. The van der Waals surface area contributed by atoms with Gasteiger partial charge < -0.3 is 10.1 Å². The Bertz CT molecular complexity index is 1190. The zero-order chi connectivity index (χ0) is 22.0. The van der Waals surface area contributed by atoms with Crippen LogP contribution in [0.5, 0.6) is 5.88 Å². The molecule has 8 heteroatoms. The summed E-state index contributed by atoms with van der Waals surface area (Å²) in [6.07, 6.45) is 1.77. The Morgan fingerprint density at radius 3 is 2.42 bits per heavy atom. The summed E-state index contributed by atoms with van der Waals surface area (Å²) < 4.78 is 33.3. The van der Waals surface area contributed by atoms with Gasteiger partial charge in [-0.3, -0.25) is 4.79 Å². The number of nitrogens with one attached hydrogen (secondary N) is 1. The van der Waals surface area contributed by atoms with Gasteiger partial charge >= 0.3 is 0 Å². The maximum Gasteiger partial charge on any atom is 0.244 e. The fourth-order valence-corrected chi connectivity index (χ4v) is 5.19. The van der Waals surface area contributed by atoms with Crippen molar-refractivity contribution in [3.8, 4) is 5.88 Å². The molecule has 2 aromatic carbocycles. The number of amides is 1. The molecule has 0 saturated carbocycles. The number of fused-ring (bicyclic) bond motifs is 1. The van der Waals surface area contributed by atoms with E-state index in [-0.39, 0.29) is 17.9 Å². The number of hydrogen-bond donors (Lipinski definition) is 1. The summed E-state index contributed by atoms with van der Waals surface area (Å²) in [5, 5.41) is 2.79. The normalized spacial score (nSPS) is 16.4. The SMILES string of the molecule is COc1ccc(NC(=O)[C@@H]2Cc3ccccc3CN2S(=O)(=O)c2ccc(C)cc2)cn1. The Morgan fingerprint density at radius 1 is 1.06 bits per heavy atom. The number of aromatic nitrogens is 1. The quantitative estimate of drug-likeness (QED) is 0.662. The average Bonchev–Trinajstić information content (AvgIpc) is 2.79. The van der Waals surface area contributed by atoms with Crippen LogP contribution >= 0.6 is 0 Å². The highest BCUT2D eigenvalue weighted by Crippen LogP contribution is 2.30. The van der Waals surface area contributed by atoms with E-state index in [0.717, 1.165) is 16.7 Å². The molecule has 0 fully saturated rings. The van der Waals surface area contributed by atoms with Crippen molar-refractivity contribution in [2.24, 2.45) is 0 Å². The van der Waals surface area contributed by atoms with E-state index >= 15 is 0 Å². The van der Waals surface area contributed by atoms with Crippen molar-refractivity contribution in [2.45, 2.75) is 30.8 Å². The van der Waals surface area contributed by atoms with Crippen LogP contribution in [0.25, 0.3) is 0 Å². The number of methoxy groups -OCH3 is 1. The molecule has 1 atom stereocenters. The summed E-state index contributed by atoms with van der Waals surface area (Å²) in [6.45, 7) is 2.03. The van der Waals surface area contributed by atoms with Gasteiger partial charge in [0.05, 0.1) is 23.9 Å². The van der Waals surface area contributed by atoms with Gasteiger partial charge in [-0.15, -0.1) is 0 Å². The summed E-state index contributed by atoms with van der Waals surface area (Å²) in [5.41, 5.74) is 3.29. The molecule has 1 N–H and O–H groups in total. The number of anilines is 1. The van der Waals surface area contributed by atoms with E-state index in [1.807, 2.05) is 31.2 Å². The third-order valence-corrected chi connectivity index (χ3v) is 7.22. The van der Waals surface area contributed by atoms with Gasteiger partial charge in [-0.05, 0) is 42.7 Å². The van der Waals surface area contributed by atoms with Crippen LogP contribution in [0.1, 0.15) is 16.7 Å². The summed E-state index contributed by atoms with van der Waals surface area (Å²) in [4.78, 5) is 17.5. The number of pyridine rings is 1. The van der Waals surface area contributed by atoms with Crippen molar-refractivity contribution < 1.29 is 17.9 Å². The smallest absolute Gasteiger partial charge is 0.244 e. The van der Waals surface area contributed by atoms with E-state index in [1.165, 1.54) is 17.6 Å². The predicted octanol–water partition coefficient (Wildman–Crippen LogP) is 3.15. The van der Waals surface area contributed by atoms with Crippen molar-refractivity contribution in [3.05, 3.63) is 83.6 Å². The van der Waals surface area contributed by atoms with Crippen molar-refractivity contribution in [2.75, 3.05) is 12.4 Å². The molecule has 1 amide bonds. The lowest BCUT2D eigenvalue weighted by molar-refractivity contribution is -0.120. The second-order valence-electron chi connectivity index (χ2n) is 7.43. The molecule has 0 saturated heterocycles. The van der Waals surface area contributed by atoms with Gasteiger partial charge in [-0.25, -0.2) is 13.4 Å². The number of ether oxygens (including phenoxy) is 1. The number of sulfonamides is 1. The van der Waals surface area contributed by atoms with Crippen molar-refractivity contribution in [1.29, 1.82) is 0 Å². The van der Waals surface area contributed by atoms with Gasteiger partial charge in [0.25, 0.3) is 0 Å². The molecule has 160 valence electrons. The van der Waals surface area contributed by atoms with Gasteiger partial charge in [0.15, 0.2) is 0 Å². The predicted molar refractivity (Wildman–Crippen MR) is 117 cm³/mol. The molecule has 0 unspecified atom stereocenters. The third kappa shape index (κ3) is 4.30. The van der Waals surface area contributed by atoms with E-state index in [0.29, 0.717) is 11.6 Å². The van der Waals surface area contributed by atoms with Gasteiger partial charge in [0.2, 0.25) is 21.8 Å². The van der Waals surface area contributed by atoms with E-state index in [4.69, 9.17) is 4.74 Å². The Morgan fingerprint density at radius 2 is 1.77 bits per heavy atom. The zero-order valence-electron chi connectivity index (χ0n) is 17.3. The van der Waals surface area contributed by atoms with Gasteiger partial charge in [0.1, 0.15) is 6.04 Å².